The van der Waals surface area contributed by atoms with E-state index in [4.69, 9.17) is 4.84 Å². The van der Waals surface area contributed by atoms with Gasteiger partial charge in [-0.3, -0.25) is 0 Å². The maximum absolute atomic E-state index is 4.74. The number of nitrogens with zero attached hydrogens (tertiary/aromatic N) is 1. The lowest BCUT2D eigenvalue weighted by Gasteiger charge is -2.01. The first-order valence-corrected chi connectivity index (χ1v) is 4.04. The molecule has 0 bridgehead atoms. The van der Waals surface area contributed by atoms with E-state index in [-0.39, 0.29) is 0 Å². The van der Waals surface area contributed by atoms with Crippen molar-refractivity contribution in [1.82, 2.24) is 0 Å². The van der Waals surface area contributed by atoms with Gasteiger partial charge in [-0.1, -0.05) is 42.4 Å². The topological polar surface area (TPSA) is 21.6 Å². The molecule has 0 fully saturated rings. The lowest BCUT2D eigenvalue weighted by atomic mass is 10.1. The molecule has 0 atom stereocenters. The second-order valence-corrected chi connectivity index (χ2v) is 2.44. The average molecular weight is 163 g/mol. The van der Waals surface area contributed by atoms with Crippen molar-refractivity contribution in [2.24, 2.45) is 5.16 Å². The number of rotatable bonds is 3. The number of hydrogen-bond donors (Lipinski definition) is 0. The van der Waals surface area contributed by atoms with Crippen molar-refractivity contribution in [2.75, 3.05) is 7.11 Å². The van der Waals surface area contributed by atoms with Gasteiger partial charge in [0.1, 0.15) is 7.11 Å². The quantitative estimate of drug-likeness (QED) is 0.495. The van der Waals surface area contributed by atoms with Crippen molar-refractivity contribution in [3.8, 4) is 0 Å². The Kier molecular flexibility index (Phi) is 3.33. The highest BCUT2D eigenvalue weighted by atomic mass is 16.6. The predicted octanol–water partition coefficient (Wildman–Crippen LogP) is 2.45. The second kappa shape index (κ2) is 4.54. The Morgan fingerprint density at radius 1 is 1.33 bits per heavy atom. The largest absolute Gasteiger partial charge is 0.399 e. The fourth-order valence-electron chi connectivity index (χ4n) is 1.06. The summed E-state index contributed by atoms with van der Waals surface area (Å²) in [6.45, 7) is 2.06. The maximum Gasteiger partial charge on any atom is 0.106 e. The van der Waals surface area contributed by atoms with Crippen molar-refractivity contribution in [3.63, 3.8) is 0 Å². The summed E-state index contributed by atoms with van der Waals surface area (Å²) in [7, 11) is 1.57. The number of hydrogen-bond acceptors (Lipinski definition) is 2. The minimum absolute atomic E-state index is 0.887. The molecule has 1 rings (SSSR count). The molecule has 0 unspecified atom stereocenters. The van der Waals surface area contributed by atoms with Gasteiger partial charge in [0.05, 0.1) is 5.71 Å². The summed E-state index contributed by atoms with van der Waals surface area (Å²) in [6.07, 6.45) is 0.887. The average Bonchev–Trinajstić information content (AvgIpc) is 2.15. The van der Waals surface area contributed by atoms with Gasteiger partial charge in [-0.05, 0) is 12.0 Å². The Morgan fingerprint density at radius 2 is 2.00 bits per heavy atom. The molecule has 0 aliphatic heterocycles. The van der Waals surface area contributed by atoms with Crippen LogP contribution in [0.1, 0.15) is 18.9 Å². The van der Waals surface area contributed by atoms with Crippen LogP contribution in [-0.2, 0) is 4.84 Å². The van der Waals surface area contributed by atoms with E-state index < -0.39 is 0 Å². The molecule has 0 heterocycles. The Hall–Kier alpha value is -1.31. The van der Waals surface area contributed by atoms with Crippen molar-refractivity contribution >= 4 is 5.71 Å². The molecule has 1 aromatic rings. The Morgan fingerprint density at radius 3 is 2.50 bits per heavy atom. The van der Waals surface area contributed by atoms with E-state index in [0.717, 1.165) is 17.7 Å². The molecule has 0 aromatic heterocycles. The van der Waals surface area contributed by atoms with Crippen molar-refractivity contribution < 1.29 is 4.84 Å². The van der Waals surface area contributed by atoms with E-state index in [1.165, 1.54) is 0 Å². The Balaban J connectivity index is 2.88. The first-order valence-electron chi connectivity index (χ1n) is 4.04. The van der Waals surface area contributed by atoms with Gasteiger partial charge in [-0.25, -0.2) is 0 Å². The normalized spacial score (nSPS) is 11.3. The highest BCUT2D eigenvalue weighted by Gasteiger charge is 1.98. The molecule has 0 amide bonds. The third-order valence-electron chi connectivity index (χ3n) is 1.64. The summed E-state index contributed by atoms with van der Waals surface area (Å²) < 4.78 is 0. The van der Waals surface area contributed by atoms with Crippen LogP contribution in [0.4, 0.5) is 0 Å². The lowest BCUT2D eigenvalue weighted by Crippen LogP contribution is -1.98. The summed E-state index contributed by atoms with van der Waals surface area (Å²) >= 11 is 0. The molecule has 0 aliphatic rings. The van der Waals surface area contributed by atoms with Crippen molar-refractivity contribution in [1.29, 1.82) is 0 Å². The number of oxime groups is 1. The minimum atomic E-state index is 0.887. The van der Waals surface area contributed by atoms with Crippen molar-refractivity contribution in [2.45, 2.75) is 13.3 Å². The van der Waals surface area contributed by atoms with Crippen LogP contribution in [0, 0.1) is 0 Å². The first-order chi connectivity index (χ1) is 5.88. The maximum atomic E-state index is 4.74. The van der Waals surface area contributed by atoms with Gasteiger partial charge in [0.25, 0.3) is 0 Å². The van der Waals surface area contributed by atoms with E-state index in [1.807, 2.05) is 30.3 Å². The van der Waals surface area contributed by atoms with Gasteiger partial charge >= 0.3 is 0 Å². The fourth-order valence-corrected chi connectivity index (χ4v) is 1.06. The molecule has 1 aromatic carbocycles. The third-order valence-corrected chi connectivity index (χ3v) is 1.64. The molecule has 12 heavy (non-hydrogen) atoms. The molecule has 0 saturated carbocycles. The molecular weight excluding hydrogens is 150 g/mol. The van der Waals surface area contributed by atoms with Crippen LogP contribution >= 0.6 is 0 Å². The van der Waals surface area contributed by atoms with Crippen LogP contribution in [0.2, 0.25) is 0 Å². The van der Waals surface area contributed by atoms with Crippen LogP contribution in [0.25, 0.3) is 0 Å². The van der Waals surface area contributed by atoms with E-state index in [2.05, 4.69) is 12.1 Å². The van der Waals surface area contributed by atoms with Gasteiger partial charge in [0, 0.05) is 0 Å². The summed E-state index contributed by atoms with van der Waals surface area (Å²) in [6, 6.07) is 10.0. The monoisotopic (exact) mass is 163 g/mol. The second-order valence-electron chi connectivity index (χ2n) is 2.44. The van der Waals surface area contributed by atoms with Gasteiger partial charge in [-0.2, -0.15) is 0 Å². The van der Waals surface area contributed by atoms with E-state index in [9.17, 15) is 0 Å². The van der Waals surface area contributed by atoms with E-state index in [0.29, 0.717) is 0 Å². The van der Waals surface area contributed by atoms with E-state index in [1.54, 1.807) is 7.11 Å². The Labute approximate surface area is 72.9 Å². The molecule has 2 heteroatoms. The lowest BCUT2D eigenvalue weighted by molar-refractivity contribution is 0.213. The molecule has 0 saturated heterocycles. The zero-order valence-electron chi connectivity index (χ0n) is 7.45. The van der Waals surface area contributed by atoms with Gasteiger partial charge in [0.15, 0.2) is 0 Å². The predicted molar refractivity (Wildman–Crippen MR) is 50.3 cm³/mol. The molecule has 0 aliphatic carbocycles. The van der Waals surface area contributed by atoms with Gasteiger partial charge < -0.3 is 4.84 Å². The van der Waals surface area contributed by atoms with Gasteiger partial charge in [-0.15, -0.1) is 0 Å². The highest BCUT2D eigenvalue weighted by Crippen LogP contribution is 2.03. The molecule has 64 valence electrons. The minimum Gasteiger partial charge on any atom is -0.399 e. The zero-order chi connectivity index (χ0) is 8.81. The summed E-state index contributed by atoms with van der Waals surface area (Å²) in [5.74, 6) is 0. The molecule has 0 radical (unpaired) electrons. The molecule has 2 nitrogen and oxygen atoms in total. The Bertz CT molecular complexity index is 254. The van der Waals surface area contributed by atoms with E-state index >= 15 is 0 Å². The van der Waals surface area contributed by atoms with Crippen molar-refractivity contribution in [3.05, 3.63) is 35.9 Å². The molecular formula is C10H13NO. The summed E-state index contributed by atoms with van der Waals surface area (Å²) in [5, 5.41) is 3.93. The fraction of sp³-hybridized carbons (Fsp3) is 0.300. The van der Waals surface area contributed by atoms with Crippen LogP contribution in [0.5, 0.6) is 0 Å². The first kappa shape index (κ1) is 8.78. The van der Waals surface area contributed by atoms with Gasteiger partial charge in [0.2, 0.25) is 0 Å². The highest BCUT2D eigenvalue weighted by molar-refractivity contribution is 5.99. The SMILES string of the molecule is CC/C(=N\OC)c1ccccc1. The summed E-state index contributed by atoms with van der Waals surface area (Å²) in [4.78, 5) is 4.74. The third kappa shape index (κ3) is 2.09. The van der Waals surface area contributed by atoms with Crippen LogP contribution in [0.15, 0.2) is 35.5 Å². The smallest absolute Gasteiger partial charge is 0.106 e. The van der Waals surface area contributed by atoms with Crippen LogP contribution in [0.3, 0.4) is 0 Å². The molecule has 0 spiro atoms. The van der Waals surface area contributed by atoms with Crippen LogP contribution in [-0.4, -0.2) is 12.8 Å². The summed E-state index contributed by atoms with van der Waals surface area (Å²) in [5.41, 5.74) is 2.11. The molecule has 0 N–H and O–H groups in total. The zero-order valence-corrected chi connectivity index (χ0v) is 7.45. The van der Waals surface area contributed by atoms with Crippen LogP contribution < -0.4 is 0 Å². The standard InChI is InChI=1S/C10H13NO/c1-3-10(11-12-2)9-7-5-4-6-8-9/h4-8H,3H2,1-2H3/b11-10+. The number of benzene rings is 1.